The number of benzene rings is 1. The summed E-state index contributed by atoms with van der Waals surface area (Å²) in [5.41, 5.74) is 4.86. The molecule has 0 spiro atoms. The molecule has 4 rings (SSSR count). The number of Topliss-reactive ketones (excluding diaryl/α,β-unsaturated/α-hetero) is 1. The summed E-state index contributed by atoms with van der Waals surface area (Å²) >= 11 is 0. The van der Waals surface area contributed by atoms with Crippen molar-refractivity contribution in [2.24, 2.45) is 5.41 Å². The molecule has 1 aromatic heterocycles. The van der Waals surface area contributed by atoms with Crippen LogP contribution in [0.3, 0.4) is 0 Å². The van der Waals surface area contributed by atoms with Crippen molar-refractivity contribution in [1.82, 2.24) is 10.2 Å². The van der Waals surface area contributed by atoms with Crippen molar-refractivity contribution in [3.63, 3.8) is 0 Å². The molecule has 4 nitrogen and oxygen atoms in total. The fourth-order valence-corrected chi connectivity index (χ4v) is 4.85. The lowest BCUT2D eigenvalue weighted by Gasteiger charge is -2.44. The lowest BCUT2D eigenvalue weighted by molar-refractivity contribution is -0.118. The van der Waals surface area contributed by atoms with Crippen LogP contribution in [0.4, 0.5) is 5.82 Å². The number of allylic oxidation sites excluding steroid dienone is 2. The molecule has 0 saturated carbocycles. The van der Waals surface area contributed by atoms with E-state index in [0.29, 0.717) is 12.3 Å². The van der Waals surface area contributed by atoms with E-state index in [2.05, 4.69) is 74.4 Å². The normalized spacial score (nSPS) is 24.9. The van der Waals surface area contributed by atoms with E-state index in [1.807, 2.05) is 6.07 Å². The second-order valence-corrected chi connectivity index (χ2v) is 9.08. The fourth-order valence-electron chi connectivity index (χ4n) is 4.85. The number of fused-ring (bicyclic) bond motifs is 1. The summed E-state index contributed by atoms with van der Waals surface area (Å²) in [7, 11) is 0. The number of hydrogen-bond donors (Lipinski definition) is 2. The molecule has 27 heavy (non-hydrogen) atoms. The third-order valence-electron chi connectivity index (χ3n) is 6.39. The fraction of sp³-hybridized carbons (Fsp3) is 0.478. The van der Waals surface area contributed by atoms with Gasteiger partial charge in [0.25, 0.3) is 0 Å². The highest BCUT2D eigenvalue weighted by Gasteiger charge is 2.49. The zero-order valence-corrected chi connectivity index (χ0v) is 16.9. The molecular formula is C23H29N3O. The Morgan fingerprint density at radius 2 is 1.85 bits per heavy atom. The molecule has 2 N–H and O–H groups in total. The van der Waals surface area contributed by atoms with E-state index in [1.165, 1.54) is 0 Å². The van der Waals surface area contributed by atoms with E-state index < -0.39 is 5.41 Å². The quantitative estimate of drug-likeness (QED) is 0.778. The van der Waals surface area contributed by atoms with E-state index in [9.17, 15) is 4.79 Å². The Kier molecular flexibility index (Phi) is 4.06. The van der Waals surface area contributed by atoms with E-state index >= 15 is 0 Å². The molecule has 2 aliphatic rings. The van der Waals surface area contributed by atoms with Crippen LogP contribution in [-0.2, 0) is 10.2 Å². The molecule has 1 aromatic carbocycles. The maximum absolute atomic E-state index is 13.4. The summed E-state index contributed by atoms with van der Waals surface area (Å²) in [5.74, 6) is 1.48. The van der Waals surface area contributed by atoms with Gasteiger partial charge in [0.15, 0.2) is 11.6 Å². The predicted octanol–water partition coefficient (Wildman–Crippen LogP) is 5.30. The molecule has 0 amide bonds. The molecule has 4 heteroatoms. The van der Waals surface area contributed by atoms with Gasteiger partial charge in [-0.1, -0.05) is 58.0 Å². The maximum Gasteiger partial charge on any atom is 0.162 e. The van der Waals surface area contributed by atoms with Gasteiger partial charge in [-0.05, 0) is 36.7 Å². The van der Waals surface area contributed by atoms with Crippen molar-refractivity contribution < 1.29 is 4.79 Å². The van der Waals surface area contributed by atoms with Crippen LogP contribution in [0, 0.1) is 5.41 Å². The lowest BCUT2D eigenvalue weighted by Crippen LogP contribution is -2.42. The Morgan fingerprint density at radius 3 is 2.52 bits per heavy atom. The SMILES string of the molecule is CCC(C)c1[nH]nc2c1C(C)(c1ccccc1)C1=C(CC(C)(C)CC1=O)N2. The Balaban J connectivity index is 2.01. The number of carbonyl (C=O) groups is 1. The van der Waals surface area contributed by atoms with Crippen LogP contribution in [0.15, 0.2) is 41.6 Å². The molecule has 1 aliphatic carbocycles. The number of nitrogens with one attached hydrogen (secondary N) is 2. The van der Waals surface area contributed by atoms with Crippen molar-refractivity contribution in [2.45, 2.75) is 65.2 Å². The molecule has 0 radical (unpaired) electrons. The first-order valence-corrected chi connectivity index (χ1v) is 9.96. The second-order valence-electron chi connectivity index (χ2n) is 9.08. The van der Waals surface area contributed by atoms with Crippen LogP contribution in [-0.4, -0.2) is 16.0 Å². The molecule has 0 saturated heterocycles. The predicted molar refractivity (Wildman–Crippen MR) is 109 cm³/mol. The average Bonchev–Trinajstić information content (AvgIpc) is 3.05. The second kappa shape index (κ2) is 6.08. The minimum Gasteiger partial charge on any atom is -0.342 e. The number of rotatable bonds is 3. The van der Waals surface area contributed by atoms with Crippen LogP contribution in [0.25, 0.3) is 0 Å². The number of hydrogen-bond acceptors (Lipinski definition) is 3. The van der Waals surface area contributed by atoms with Gasteiger partial charge >= 0.3 is 0 Å². The van der Waals surface area contributed by atoms with Crippen LogP contribution >= 0.6 is 0 Å². The van der Waals surface area contributed by atoms with Crippen LogP contribution < -0.4 is 5.32 Å². The first-order chi connectivity index (χ1) is 12.8. The summed E-state index contributed by atoms with van der Waals surface area (Å²) < 4.78 is 0. The summed E-state index contributed by atoms with van der Waals surface area (Å²) in [6.07, 6.45) is 2.47. The standard InChI is InChI=1S/C23H29N3O/c1-6-14(2)20-19-21(26-25-20)24-16-12-22(3,4)13-17(27)18(16)23(19,5)15-10-8-7-9-11-15/h7-11,14H,6,12-13H2,1-5H3,(H2,24,25,26). The number of ketones is 1. The lowest BCUT2D eigenvalue weighted by atomic mass is 9.61. The van der Waals surface area contributed by atoms with Crippen LogP contribution in [0.1, 0.15) is 76.6 Å². The largest absolute Gasteiger partial charge is 0.342 e. The molecule has 2 atom stereocenters. The molecule has 0 bridgehead atoms. The monoisotopic (exact) mass is 363 g/mol. The van der Waals surface area contributed by atoms with E-state index in [-0.39, 0.29) is 11.2 Å². The zero-order valence-electron chi connectivity index (χ0n) is 16.9. The van der Waals surface area contributed by atoms with Crippen molar-refractivity contribution in [1.29, 1.82) is 0 Å². The molecule has 2 unspecified atom stereocenters. The summed E-state index contributed by atoms with van der Waals surface area (Å²) in [6.45, 7) is 10.9. The topological polar surface area (TPSA) is 57.8 Å². The molecule has 2 aromatic rings. The van der Waals surface area contributed by atoms with Gasteiger partial charge in [0.1, 0.15) is 0 Å². The van der Waals surface area contributed by atoms with E-state index in [0.717, 1.165) is 46.8 Å². The minimum absolute atomic E-state index is 0.0339. The Labute approximate surface area is 161 Å². The van der Waals surface area contributed by atoms with Gasteiger partial charge in [-0.3, -0.25) is 9.89 Å². The zero-order chi connectivity index (χ0) is 19.4. The summed E-state index contributed by atoms with van der Waals surface area (Å²) in [4.78, 5) is 13.4. The molecule has 1 aliphatic heterocycles. The first-order valence-electron chi connectivity index (χ1n) is 9.96. The van der Waals surface area contributed by atoms with E-state index in [1.54, 1.807) is 0 Å². The number of aromatic amines is 1. The van der Waals surface area contributed by atoms with Gasteiger partial charge < -0.3 is 5.32 Å². The van der Waals surface area contributed by atoms with Gasteiger partial charge in [-0.25, -0.2) is 0 Å². The molecule has 2 heterocycles. The number of aromatic nitrogens is 2. The average molecular weight is 364 g/mol. The van der Waals surface area contributed by atoms with Gasteiger partial charge in [-0.15, -0.1) is 0 Å². The summed E-state index contributed by atoms with van der Waals surface area (Å²) in [6, 6.07) is 10.4. The Morgan fingerprint density at radius 1 is 1.15 bits per heavy atom. The van der Waals surface area contributed by atoms with Crippen molar-refractivity contribution in [3.05, 3.63) is 58.4 Å². The van der Waals surface area contributed by atoms with Gasteiger partial charge in [0.05, 0.1) is 5.41 Å². The van der Waals surface area contributed by atoms with Gasteiger partial charge in [0.2, 0.25) is 0 Å². The third kappa shape index (κ3) is 2.65. The highest BCUT2D eigenvalue weighted by Crippen LogP contribution is 2.53. The van der Waals surface area contributed by atoms with Crippen LogP contribution in [0.5, 0.6) is 0 Å². The van der Waals surface area contributed by atoms with E-state index in [4.69, 9.17) is 0 Å². The number of anilines is 1. The third-order valence-corrected chi connectivity index (χ3v) is 6.39. The highest BCUT2D eigenvalue weighted by atomic mass is 16.1. The molecular weight excluding hydrogens is 334 g/mol. The van der Waals surface area contributed by atoms with Crippen molar-refractivity contribution in [3.8, 4) is 0 Å². The molecule has 0 fully saturated rings. The van der Waals surface area contributed by atoms with Crippen molar-refractivity contribution in [2.75, 3.05) is 5.32 Å². The van der Waals surface area contributed by atoms with Crippen LogP contribution in [0.2, 0.25) is 0 Å². The summed E-state index contributed by atoms with van der Waals surface area (Å²) in [5, 5.41) is 11.4. The minimum atomic E-state index is -0.490. The number of carbonyl (C=O) groups excluding carboxylic acids is 1. The number of H-pyrrole nitrogens is 1. The highest BCUT2D eigenvalue weighted by molar-refractivity contribution is 6.03. The Hall–Kier alpha value is -2.36. The van der Waals surface area contributed by atoms with Crippen molar-refractivity contribution >= 4 is 11.6 Å². The number of nitrogens with zero attached hydrogens (tertiary/aromatic N) is 1. The van der Waals surface area contributed by atoms with Gasteiger partial charge in [-0.2, -0.15) is 5.10 Å². The Bertz CT molecular complexity index is 922. The molecule has 142 valence electrons. The smallest absolute Gasteiger partial charge is 0.162 e. The maximum atomic E-state index is 13.4. The van der Waals surface area contributed by atoms with Gasteiger partial charge in [0, 0.05) is 28.9 Å². The first kappa shape index (κ1) is 18.0.